The molecule has 0 aliphatic carbocycles. The van der Waals surface area contributed by atoms with Crippen molar-refractivity contribution < 1.29 is 0 Å². The van der Waals surface area contributed by atoms with E-state index in [4.69, 9.17) is 0 Å². The zero-order valence-corrected chi connectivity index (χ0v) is 11.1. The molecule has 92 valence electrons. The van der Waals surface area contributed by atoms with Gasteiger partial charge in [0.15, 0.2) is 0 Å². The van der Waals surface area contributed by atoms with Crippen molar-refractivity contribution in [2.24, 2.45) is 0 Å². The van der Waals surface area contributed by atoms with Crippen LogP contribution in [0.15, 0.2) is 24.8 Å². The van der Waals surface area contributed by atoms with Crippen molar-refractivity contribution in [2.75, 3.05) is 13.1 Å². The highest BCUT2D eigenvalue weighted by Gasteiger charge is 2.14. The van der Waals surface area contributed by atoms with Crippen LogP contribution < -0.4 is 0 Å². The van der Waals surface area contributed by atoms with E-state index in [1.54, 1.807) is 0 Å². The molecule has 0 bridgehead atoms. The molecule has 2 rings (SSSR count). The molecular weight excluding hydrogens is 206 g/mol. The average Bonchev–Trinajstić information content (AvgIpc) is 2.81. The maximum Gasteiger partial charge on any atom is 0.0236 e. The first-order chi connectivity index (χ1) is 8.22. The summed E-state index contributed by atoms with van der Waals surface area (Å²) in [7, 11) is 0. The van der Waals surface area contributed by atoms with Gasteiger partial charge in [-0.2, -0.15) is 0 Å². The Labute approximate surface area is 105 Å². The minimum absolute atomic E-state index is 1.10. The zero-order valence-electron chi connectivity index (χ0n) is 11.1. The quantitative estimate of drug-likeness (QED) is 0.757. The van der Waals surface area contributed by atoms with Gasteiger partial charge in [-0.25, -0.2) is 0 Å². The lowest BCUT2D eigenvalue weighted by molar-refractivity contribution is 0.330. The van der Waals surface area contributed by atoms with Gasteiger partial charge in [-0.05, 0) is 56.0 Å². The van der Waals surface area contributed by atoms with Crippen molar-refractivity contribution >= 4 is 5.57 Å². The van der Waals surface area contributed by atoms with Crippen LogP contribution in [0.4, 0.5) is 0 Å². The molecule has 1 fully saturated rings. The lowest BCUT2D eigenvalue weighted by Gasteiger charge is -2.19. The van der Waals surface area contributed by atoms with Crippen LogP contribution in [0.25, 0.3) is 5.57 Å². The normalized spacial score (nSPS) is 16.4. The molecule has 1 aliphatic heterocycles. The third-order valence-corrected chi connectivity index (χ3v) is 3.68. The summed E-state index contributed by atoms with van der Waals surface area (Å²) in [5.41, 5.74) is 5.52. The Morgan fingerprint density at radius 1 is 1.29 bits per heavy atom. The van der Waals surface area contributed by atoms with E-state index in [2.05, 4.69) is 43.5 Å². The predicted molar refractivity (Wildman–Crippen MR) is 75.0 cm³/mol. The Morgan fingerprint density at radius 3 is 2.59 bits per heavy atom. The van der Waals surface area contributed by atoms with Crippen molar-refractivity contribution in [2.45, 2.75) is 39.7 Å². The van der Waals surface area contributed by atoms with E-state index in [0.717, 1.165) is 13.0 Å². The van der Waals surface area contributed by atoms with Crippen LogP contribution in [0.5, 0.6) is 0 Å². The van der Waals surface area contributed by atoms with E-state index in [1.807, 2.05) is 0 Å². The van der Waals surface area contributed by atoms with Gasteiger partial charge in [0.2, 0.25) is 0 Å². The molecule has 0 atom stereocenters. The summed E-state index contributed by atoms with van der Waals surface area (Å²) in [5.74, 6) is 0. The summed E-state index contributed by atoms with van der Waals surface area (Å²) >= 11 is 0. The number of benzene rings is 1. The molecule has 0 N–H and O–H groups in total. The monoisotopic (exact) mass is 229 g/mol. The lowest BCUT2D eigenvalue weighted by atomic mass is 9.95. The average molecular weight is 229 g/mol. The van der Waals surface area contributed by atoms with Crippen molar-refractivity contribution in [3.8, 4) is 0 Å². The SMILES string of the molecule is C=C(C)c1cccc(CN2CCCC2)c1CC. The van der Waals surface area contributed by atoms with Crippen molar-refractivity contribution in [1.82, 2.24) is 4.90 Å². The Hall–Kier alpha value is -1.08. The van der Waals surface area contributed by atoms with Gasteiger partial charge in [0.1, 0.15) is 0 Å². The highest BCUT2D eigenvalue weighted by atomic mass is 15.1. The summed E-state index contributed by atoms with van der Waals surface area (Å²) in [6.07, 6.45) is 3.83. The van der Waals surface area contributed by atoms with Gasteiger partial charge in [0.25, 0.3) is 0 Å². The topological polar surface area (TPSA) is 3.24 Å². The fourth-order valence-corrected chi connectivity index (χ4v) is 2.78. The summed E-state index contributed by atoms with van der Waals surface area (Å²) in [6.45, 7) is 12.1. The van der Waals surface area contributed by atoms with Crippen LogP contribution >= 0.6 is 0 Å². The highest BCUT2D eigenvalue weighted by molar-refractivity contribution is 5.65. The van der Waals surface area contributed by atoms with Gasteiger partial charge >= 0.3 is 0 Å². The van der Waals surface area contributed by atoms with Crippen molar-refractivity contribution in [3.63, 3.8) is 0 Å². The molecule has 0 radical (unpaired) electrons. The third-order valence-electron chi connectivity index (χ3n) is 3.68. The van der Waals surface area contributed by atoms with Gasteiger partial charge in [0, 0.05) is 6.54 Å². The first-order valence-electron chi connectivity index (χ1n) is 6.71. The second kappa shape index (κ2) is 5.50. The van der Waals surface area contributed by atoms with E-state index < -0.39 is 0 Å². The second-order valence-corrected chi connectivity index (χ2v) is 5.06. The highest BCUT2D eigenvalue weighted by Crippen LogP contribution is 2.24. The van der Waals surface area contributed by atoms with Gasteiger partial charge < -0.3 is 0 Å². The Bertz CT molecular complexity index is 400. The summed E-state index contributed by atoms with van der Waals surface area (Å²) in [4.78, 5) is 2.57. The van der Waals surface area contributed by atoms with Crippen molar-refractivity contribution in [3.05, 3.63) is 41.5 Å². The minimum atomic E-state index is 1.10. The predicted octanol–water partition coefficient (Wildman–Crippen LogP) is 3.88. The zero-order chi connectivity index (χ0) is 12.3. The minimum Gasteiger partial charge on any atom is -0.299 e. The molecule has 0 aromatic heterocycles. The van der Waals surface area contributed by atoms with E-state index in [0.29, 0.717) is 0 Å². The smallest absolute Gasteiger partial charge is 0.0236 e. The second-order valence-electron chi connectivity index (χ2n) is 5.06. The van der Waals surface area contributed by atoms with E-state index in [1.165, 1.54) is 48.2 Å². The summed E-state index contributed by atoms with van der Waals surface area (Å²) in [6, 6.07) is 6.66. The number of hydrogen-bond donors (Lipinski definition) is 0. The van der Waals surface area contributed by atoms with Gasteiger partial charge in [-0.3, -0.25) is 4.90 Å². The van der Waals surface area contributed by atoms with Gasteiger partial charge in [0.05, 0.1) is 0 Å². The van der Waals surface area contributed by atoms with Crippen LogP contribution in [0.3, 0.4) is 0 Å². The Balaban J connectivity index is 2.25. The number of rotatable bonds is 4. The molecule has 1 heteroatoms. The van der Waals surface area contributed by atoms with E-state index in [-0.39, 0.29) is 0 Å². The van der Waals surface area contributed by atoms with Gasteiger partial charge in [-0.15, -0.1) is 0 Å². The molecule has 0 saturated carbocycles. The molecule has 1 nitrogen and oxygen atoms in total. The van der Waals surface area contributed by atoms with Crippen molar-refractivity contribution in [1.29, 1.82) is 0 Å². The number of likely N-dealkylation sites (tertiary alicyclic amines) is 1. The Morgan fingerprint density at radius 2 is 2.00 bits per heavy atom. The molecule has 1 aromatic rings. The molecule has 17 heavy (non-hydrogen) atoms. The first kappa shape index (κ1) is 12.4. The first-order valence-corrected chi connectivity index (χ1v) is 6.71. The fourth-order valence-electron chi connectivity index (χ4n) is 2.78. The maximum atomic E-state index is 4.09. The molecule has 1 saturated heterocycles. The molecule has 0 spiro atoms. The maximum absolute atomic E-state index is 4.09. The molecule has 0 unspecified atom stereocenters. The molecule has 1 aliphatic rings. The largest absolute Gasteiger partial charge is 0.299 e. The van der Waals surface area contributed by atoms with Gasteiger partial charge in [-0.1, -0.05) is 37.3 Å². The fraction of sp³-hybridized carbons (Fsp3) is 0.500. The molecule has 1 heterocycles. The Kier molecular flexibility index (Phi) is 4.01. The molecule has 1 aromatic carbocycles. The standard InChI is InChI=1S/C16H23N/c1-4-15-14(12-17-10-5-6-11-17)8-7-9-16(15)13(2)3/h7-9H,2,4-6,10-12H2,1,3H3. The number of hydrogen-bond acceptors (Lipinski definition) is 1. The van der Waals surface area contributed by atoms with Crippen LogP contribution in [0.1, 0.15) is 43.4 Å². The molecular formula is C16H23N. The van der Waals surface area contributed by atoms with E-state index >= 15 is 0 Å². The third kappa shape index (κ3) is 2.78. The number of allylic oxidation sites excluding steroid dienone is 1. The summed E-state index contributed by atoms with van der Waals surface area (Å²) in [5, 5.41) is 0. The van der Waals surface area contributed by atoms with Crippen LogP contribution in [-0.4, -0.2) is 18.0 Å². The number of nitrogens with zero attached hydrogens (tertiary/aromatic N) is 1. The summed E-state index contributed by atoms with van der Waals surface area (Å²) < 4.78 is 0. The van der Waals surface area contributed by atoms with Crippen LogP contribution in [0, 0.1) is 0 Å². The van der Waals surface area contributed by atoms with Crippen LogP contribution in [-0.2, 0) is 13.0 Å². The molecule has 0 amide bonds. The van der Waals surface area contributed by atoms with E-state index in [9.17, 15) is 0 Å². The lowest BCUT2D eigenvalue weighted by Crippen LogP contribution is -2.19. The van der Waals surface area contributed by atoms with Crippen LogP contribution in [0.2, 0.25) is 0 Å².